The highest BCUT2D eigenvalue weighted by atomic mass is 19.3. The number of alkyl halides is 2. The van der Waals surface area contributed by atoms with E-state index in [1.54, 1.807) is 6.92 Å². The van der Waals surface area contributed by atoms with Crippen LogP contribution in [0, 0.1) is 0 Å². The maximum absolute atomic E-state index is 12.7. The largest absolute Gasteiger partial charge is 0.496 e. The second kappa shape index (κ2) is 5.23. The summed E-state index contributed by atoms with van der Waals surface area (Å²) in [5.74, 6) is 0.00213. The van der Waals surface area contributed by atoms with Crippen molar-refractivity contribution in [1.29, 1.82) is 0 Å². The van der Waals surface area contributed by atoms with Crippen molar-refractivity contribution in [2.75, 3.05) is 7.11 Å². The lowest BCUT2D eigenvalue weighted by Crippen LogP contribution is -2.25. The van der Waals surface area contributed by atoms with E-state index >= 15 is 0 Å². The minimum atomic E-state index is -2.64. The van der Waals surface area contributed by atoms with Crippen molar-refractivity contribution in [2.24, 2.45) is 5.73 Å². The van der Waals surface area contributed by atoms with Gasteiger partial charge in [-0.25, -0.2) is 8.78 Å². The van der Waals surface area contributed by atoms with Crippen LogP contribution in [0.25, 0.3) is 0 Å². The molecule has 0 aliphatic heterocycles. The standard InChI is InChI=1S/C11H15F2NO2/c1-6(14)9(15)7-4-3-5-8(11(12)13)10(7)16-2/h3-6,9,11,15H,14H2,1-2H3. The van der Waals surface area contributed by atoms with E-state index in [1.807, 2.05) is 0 Å². The Morgan fingerprint density at radius 1 is 1.31 bits per heavy atom. The fraction of sp³-hybridized carbons (Fsp3) is 0.455. The molecule has 0 aliphatic carbocycles. The van der Waals surface area contributed by atoms with Gasteiger partial charge in [0.1, 0.15) is 5.75 Å². The molecule has 0 amide bonds. The van der Waals surface area contributed by atoms with Crippen LogP contribution in [0.15, 0.2) is 18.2 Å². The summed E-state index contributed by atoms with van der Waals surface area (Å²) in [5.41, 5.74) is 5.58. The van der Waals surface area contributed by atoms with E-state index in [0.29, 0.717) is 0 Å². The van der Waals surface area contributed by atoms with Crippen LogP contribution in [-0.2, 0) is 0 Å². The molecule has 1 rings (SSSR count). The Kier molecular flexibility index (Phi) is 4.20. The highest BCUT2D eigenvalue weighted by Crippen LogP contribution is 2.35. The highest BCUT2D eigenvalue weighted by Gasteiger charge is 2.22. The Hall–Kier alpha value is -1.20. The first-order valence-corrected chi connectivity index (χ1v) is 4.87. The lowest BCUT2D eigenvalue weighted by molar-refractivity contribution is 0.137. The Morgan fingerprint density at radius 2 is 1.88 bits per heavy atom. The molecule has 0 aliphatic rings. The van der Waals surface area contributed by atoms with Gasteiger partial charge in [0.15, 0.2) is 0 Å². The zero-order chi connectivity index (χ0) is 12.3. The van der Waals surface area contributed by atoms with Crippen molar-refractivity contribution >= 4 is 0 Å². The molecule has 0 radical (unpaired) electrons. The first kappa shape index (κ1) is 12.9. The van der Waals surface area contributed by atoms with Gasteiger partial charge in [0.05, 0.1) is 18.8 Å². The Bertz CT molecular complexity index is 356. The number of benzene rings is 1. The maximum atomic E-state index is 12.7. The molecule has 0 fully saturated rings. The molecule has 3 N–H and O–H groups in total. The summed E-state index contributed by atoms with van der Waals surface area (Å²) in [7, 11) is 1.29. The van der Waals surface area contributed by atoms with Gasteiger partial charge in [-0.2, -0.15) is 0 Å². The molecule has 5 heteroatoms. The summed E-state index contributed by atoms with van der Waals surface area (Å²) in [6.45, 7) is 1.60. The average Bonchev–Trinajstić information content (AvgIpc) is 2.26. The second-order valence-electron chi connectivity index (χ2n) is 3.57. The summed E-state index contributed by atoms with van der Waals surface area (Å²) in [6, 6.07) is 3.69. The van der Waals surface area contributed by atoms with Gasteiger partial charge in [0, 0.05) is 11.6 Å². The third-order valence-corrected chi connectivity index (χ3v) is 2.33. The van der Waals surface area contributed by atoms with E-state index in [9.17, 15) is 13.9 Å². The number of hydrogen-bond acceptors (Lipinski definition) is 3. The van der Waals surface area contributed by atoms with Crippen molar-refractivity contribution in [3.8, 4) is 5.75 Å². The number of hydrogen-bond donors (Lipinski definition) is 2. The molecule has 0 aromatic heterocycles. The fourth-order valence-electron chi connectivity index (χ4n) is 1.50. The van der Waals surface area contributed by atoms with Gasteiger partial charge in [-0.15, -0.1) is 0 Å². The van der Waals surface area contributed by atoms with Gasteiger partial charge in [0.25, 0.3) is 6.43 Å². The molecule has 0 saturated heterocycles. The zero-order valence-electron chi connectivity index (χ0n) is 9.15. The molecule has 1 aromatic carbocycles. The van der Waals surface area contributed by atoms with Gasteiger partial charge in [-0.3, -0.25) is 0 Å². The molecular weight excluding hydrogens is 216 g/mol. The number of rotatable bonds is 4. The number of ether oxygens (including phenoxy) is 1. The van der Waals surface area contributed by atoms with E-state index in [-0.39, 0.29) is 16.9 Å². The molecule has 0 bridgehead atoms. The summed E-state index contributed by atoms with van der Waals surface area (Å²) in [4.78, 5) is 0. The summed E-state index contributed by atoms with van der Waals surface area (Å²) < 4.78 is 30.2. The number of aliphatic hydroxyl groups is 1. The molecule has 2 atom stereocenters. The predicted octanol–water partition coefficient (Wildman–Crippen LogP) is 2.01. The Morgan fingerprint density at radius 3 is 2.31 bits per heavy atom. The maximum Gasteiger partial charge on any atom is 0.267 e. The minimum Gasteiger partial charge on any atom is -0.496 e. The van der Waals surface area contributed by atoms with Gasteiger partial charge >= 0.3 is 0 Å². The van der Waals surface area contributed by atoms with Gasteiger partial charge in [0.2, 0.25) is 0 Å². The van der Waals surface area contributed by atoms with Crippen LogP contribution < -0.4 is 10.5 Å². The number of methoxy groups -OCH3 is 1. The van der Waals surface area contributed by atoms with Gasteiger partial charge < -0.3 is 15.6 Å². The van der Waals surface area contributed by atoms with Crippen molar-refractivity contribution in [3.63, 3.8) is 0 Å². The minimum absolute atomic E-state index is 0.00213. The Labute approximate surface area is 92.8 Å². The monoisotopic (exact) mass is 231 g/mol. The number of aliphatic hydroxyl groups excluding tert-OH is 1. The van der Waals surface area contributed by atoms with E-state index in [4.69, 9.17) is 10.5 Å². The first-order chi connectivity index (χ1) is 7.49. The van der Waals surface area contributed by atoms with Crippen molar-refractivity contribution < 1.29 is 18.6 Å². The normalized spacial score (nSPS) is 14.9. The van der Waals surface area contributed by atoms with Crippen LogP contribution >= 0.6 is 0 Å². The quantitative estimate of drug-likeness (QED) is 0.833. The smallest absolute Gasteiger partial charge is 0.267 e. The van der Waals surface area contributed by atoms with Crippen molar-refractivity contribution in [1.82, 2.24) is 0 Å². The van der Waals surface area contributed by atoms with E-state index in [1.165, 1.54) is 25.3 Å². The van der Waals surface area contributed by atoms with Crippen LogP contribution in [0.1, 0.15) is 30.6 Å². The van der Waals surface area contributed by atoms with Crippen LogP contribution in [-0.4, -0.2) is 18.3 Å². The highest BCUT2D eigenvalue weighted by molar-refractivity contribution is 5.43. The molecule has 90 valence electrons. The third-order valence-electron chi connectivity index (χ3n) is 2.33. The molecule has 16 heavy (non-hydrogen) atoms. The molecule has 3 nitrogen and oxygen atoms in total. The molecule has 1 aromatic rings. The molecule has 2 unspecified atom stereocenters. The number of nitrogens with two attached hydrogens (primary N) is 1. The van der Waals surface area contributed by atoms with Crippen LogP contribution in [0.3, 0.4) is 0 Å². The second-order valence-corrected chi connectivity index (χ2v) is 3.57. The van der Waals surface area contributed by atoms with Crippen LogP contribution in [0.4, 0.5) is 8.78 Å². The summed E-state index contributed by atoms with van der Waals surface area (Å²) in [5, 5.41) is 9.77. The number of para-hydroxylation sites is 1. The van der Waals surface area contributed by atoms with Crippen molar-refractivity contribution in [2.45, 2.75) is 25.5 Å². The van der Waals surface area contributed by atoms with Crippen molar-refractivity contribution in [3.05, 3.63) is 29.3 Å². The molecule has 0 heterocycles. The Balaban J connectivity index is 3.24. The van der Waals surface area contributed by atoms with Gasteiger partial charge in [-0.05, 0) is 13.0 Å². The predicted molar refractivity (Wildman–Crippen MR) is 56.6 cm³/mol. The van der Waals surface area contributed by atoms with E-state index < -0.39 is 18.6 Å². The first-order valence-electron chi connectivity index (χ1n) is 4.87. The molecule has 0 saturated carbocycles. The number of halogens is 2. The lowest BCUT2D eigenvalue weighted by atomic mass is 10.00. The van der Waals surface area contributed by atoms with E-state index in [2.05, 4.69) is 0 Å². The third kappa shape index (κ3) is 2.48. The fourth-order valence-corrected chi connectivity index (χ4v) is 1.50. The lowest BCUT2D eigenvalue weighted by Gasteiger charge is -2.19. The zero-order valence-corrected chi connectivity index (χ0v) is 9.15. The van der Waals surface area contributed by atoms with Crippen LogP contribution in [0.2, 0.25) is 0 Å². The topological polar surface area (TPSA) is 55.5 Å². The van der Waals surface area contributed by atoms with Gasteiger partial charge in [-0.1, -0.05) is 12.1 Å². The molecular formula is C11H15F2NO2. The molecule has 0 spiro atoms. The van der Waals surface area contributed by atoms with Crippen LogP contribution in [0.5, 0.6) is 5.75 Å². The van der Waals surface area contributed by atoms with E-state index in [0.717, 1.165) is 0 Å². The average molecular weight is 231 g/mol. The summed E-state index contributed by atoms with van der Waals surface area (Å²) in [6.07, 6.45) is -3.66. The summed E-state index contributed by atoms with van der Waals surface area (Å²) >= 11 is 0. The SMILES string of the molecule is COc1c(C(F)F)cccc1C(O)C(C)N.